The van der Waals surface area contributed by atoms with Crippen molar-refractivity contribution in [1.82, 2.24) is 4.98 Å². The molecule has 98 valence electrons. The van der Waals surface area contributed by atoms with Gasteiger partial charge in [0.15, 0.2) is 0 Å². The van der Waals surface area contributed by atoms with Gasteiger partial charge in [0.25, 0.3) is 0 Å². The number of nitrogens with zero attached hydrogens (tertiary/aromatic N) is 2. The Morgan fingerprint density at radius 2 is 2.28 bits per heavy atom. The smallest absolute Gasteiger partial charge is 0.236 e. The molecule has 0 aliphatic heterocycles. The number of hydrogen-bond donors (Lipinski definition) is 2. The van der Waals surface area contributed by atoms with E-state index in [2.05, 4.69) is 11.1 Å². The Kier molecular flexibility index (Phi) is 3.81. The van der Waals surface area contributed by atoms with Crippen LogP contribution in [0.4, 0.5) is 5.82 Å². The second kappa shape index (κ2) is 5.35. The fraction of sp³-hybridized carbons (Fsp3) is 0.538. The first-order valence-electron chi connectivity index (χ1n) is 6.40. The molecule has 5 heteroatoms. The molecule has 1 heterocycles. The Bertz CT molecular complexity index is 459. The van der Waals surface area contributed by atoms with Crippen molar-refractivity contribution in [3.63, 3.8) is 0 Å². The van der Waals surface area contributed by atoms with Gasteiger partial charge in [-0.2, -0.15) is 0 Å². The quantitative estimate of drug-likeness (QED) is 0.787. The minimum Gasteiger partial charge on any atom is -0.368 e. The van der Waals surface area contributed by atoms with Crippen LogP contribution in [0.2, 0.25) is 0 Å². The summed E-state index contributed by atoms with van der Waals surface area (Å²) in [6, 6.07) is 2.13. The lowest BCUT2D eigenvalue weighted by atomic mass is 10.1. The molecule has 2 rings (SSSR count). The third-order valence-electron chi connectivity index (χ3n) is 3.35. The average molecular weight is 248 g/mol. The van der Waals surface area contributed by atoms with Crippen LogP contribution in [-0.4, -0.2) is 24.0 Å². The molecule has 0 fully saturated rings. The zero-order chi connectivity index (χ0) is 13.1. The fourth-order valence-corrected chi connectivity index (χ4v) is 2.46. The molecule has 1 aromatic heterocycles. The van der Waals surface area contributed by atoms with Crippen molar-refractivity contribution in [2.75, 3.05) is 18.0 Å². The molecule has 1 amide bonds. The second-order valence-corrected chi connectivity index (χ2v) is 4.62. The van der Waals surface area contributed by atoms with E-state index in [4.69, 9.17) is 11.5 Å². The number of primary amides is 1. The summed E-state index contributed by atoms with van der Waals surface area (Å²) in [6.45, 7) is 3.31. The number of nitrogens with two attached hydrogens (primary N) is 2. The Balaban J connectivity index is 2.38. The SMILES string of the molecule is CCN(CC(N)=O)c1nc2c(cc1CN)CCC2. The van der Waals surface area contributed by atoms with Gasteiger partial charge in [-0.1, -0.05) is 0 Å². The van der Waals surface area contributed by atoms with Crippen molar-refractivity contribution < 1.29 is 4.79 Å². The minimum atomic E-state index is -0.345. The zero-order valence-corrected chi connectivity index (χ0v) is 10.8. The Morgan fingerprint density at radius 3 is 2.89 bits per heavy atom. The molecule has 4 N–H and O–H groups in total. The fourth-order valence-electron chi connectivity index (χ4n) is 2.46. The van der Waals surface area contributed by atoms with Crippen LogP contribution < -0.4 is 16.4 Å². The normalized spacial score (nSPS) is 13.4. The number of fused-ring (bicyclic) bond motifs is 1. The number of likely N-dealkylation sites (N-methyl/N-ethyl adjacent to an activating group) is 1. The Labute approximate surface area is 107 Å². The molecule has 1 aliphatic rings. The van der Waals surface area contributed by atoms with Crippen LogP contribution in [0, 0.1) is 0 Å². The molecular formula is C13H20N4O. The van der Waals surface area contributed by atoms with Gasteiger partial charge in [0.05, 0.1) is 6.54 Å². The maximum atomic E-state index is 11.1. The van der Waals surface area contributed by atoms with E-state index in [-0.39, 0.29) is 12.5 Å². The van der Waals surface area contributed by atoms with Crippen LogP contribution in [0.5, 0.6) is 0 Å². The third kappa shape index (κ3) is 2.46. The van der Waals surface area contributed by atoms with Gasteiger partial charge in [-0.25, -0.2) is 4.98 Å². The van der Waals surface area contributed by atoms with E-state index in [1.165, 1.54) is 5.56 Å². The lowest BCUT2D eigenvalue weighted by molar-refractivity contribution is -0.116. The van der Waals surface area contributed by atoms with Gasteiger partial charge >= 0.3 is 0 Å². The van der Waals surface area contributed by atoms with E-state index < -0.39 is 0 Å². The number of carbonyl (C=O) groups excluding carboxylic acids is 1. The van der Waals surface area contributed by atoms with E-state index in [0.717, 1.165) is 36.3 Å². The van der Waals surface area contributed by atoms with Crippen molar-refractivity contribution in [2.24, 2.45) is 11.5 Å². The predicted octanol–water partition coefficient (Wildman–Crippen LogP) is 0.341. The second-order valence-electron chi connectivity index (χ2n) is 4.62. The number of pyridine rings is 1. The lowest BCUT2D eigenvalue weighted by Gasteiger charge is -2.23. The maximum absolute atomic E-state index is 11.1. The van der Waals surface area contributed by atoms with Gasteiger partial charge in [0, 0.05) is 24.3 Å². The summed E-state index contributed by atoms with van der Waals surface area (Å²) in [5, 5.41) is 0. The van der Waals surface area contributed by atoms with E-state index in [9.17, 15) is 4.79 Å². The lowest BCUT2D eigenvalue weighted by Crippen LogP contribution is -2.35. The highest BCUT2D eigenvalue weighted by atomic mass is 16.1. The van der Waals surface area contributed by atoms with Crippen LogP contribution in [0.3, 0.4) is 0 Å². The van der Waals surface area contributed by atoms with E-state index >= 15 is 0 Å². The van der Waals surface area contributed by atoms with Crippen LogP contribution >= 0.6 is 0 Å². The molecule has 0 spiro atoms. The molecule has 0 aromatic carbocycles. The van der Waals surface area contributed by atoms with E-state index in [1.807, 2.05) is 11.8 Å². The summed E-state index contributed by atoms with van der Waals surface area (Å²) in [4.78, 5) is 17.7. The van der Waals surface area contributed by atoms with Crippen molar-refractivity contribution in [3.05, 3.63) is 22.9 Å². The molecular weight excluding hydrogens is 228 g/mol. The third-order valence-corrected chi connectivity index (χ3v) is 3.35. The highest BCUT2D eigenvalue weighted by molar-refractivity contribution is 5.79. The van der Waals surface area contributed by atoms with Gasteiger partial charge < -0.3 is 16.4 Å². The highest BCUT2D eigenvalue weighted by Crippen LogP contribution is 2.27. The first kappa shape index (κ1) is 12.8. The molecule has 1 aromatic rings. The first-order chi connectivity index (χ1) is 8.65. The summed E-state index contributed by atoms with van der Waals surface area (Å²) in [5.74, 6) is 0.474. The number of rotatable bonds is 5. The zero-order valence-electron chi connectivity index (χ0n) is 10.8. The summed E-state index contributed by atoms with van der Waals surface area (Å²) in [5.41, 5.74) is 14.5. The molecule has 18 heavy (non-hydrogen) atoms. The summed E-state index contributed by atoms with van der Waals surface area (Å²) in [6.07, 6.45) is 3.25. The topological polar surface area (TPSA) is 85.2 Å². The molecule has 0 atom stereocenters. The monoisotopic (exact) mass is 248 g/mol. The van der Waals surface area contributed by atoms with Crippen molar-refractivity contribution in [1.29, 1.82) is 0 Å². The number of carbonyl (C=O) groups is 1. The minimum absolute atomic E-state index is 0.190. The van der Waals surface area contributed by atoms with Crippen molar-refractivity contribution >= 4 is 11.7 Å². The molecule has 0 saturated carbocycles. The van der Waals surface area contributed by atoms with Crippen molar-refractivity contribution in [2.45, 2.75) is 32.7 Å². The van der Waals surface area contributed by atoms with Gasteiger partial charge in [-0.3, -0.25) is 4.79 Å². The van der Waals surface area contributed by atoms with Crippen LogP contribution in [0.1, 0.15) is 30.2 Å². The summed E-state index contributed by atoms with van der Waals surface area (Å²) in [7, 11) is 0. The van der Waals surface area contributed by atoms with Crippen LogP contribution in [-0.2, 0) is 24.2 Å². The molecule has 0 unspecified atom stereocenters. The van der Waals surface area contributed by atoms with E-state index in [1.54, 1.807) is 0 Å². The molecule has 1 aliphatic carbocycles. The summed E-state index contributed by atoms with van der Waals surface area (Å²) >= 11 is 0. The molecule has 0 radical (unpaired) electrons. The van der Waals surface area contributed by atoms with Crippen LogP contribution in [0.15, 0.2) is 6.07 Å². The number of hydrogen-bond acceptors (Lipinski definition) is 4. The predicted molar refractivity (Wildman–Crippen MR) is 71.2 cm³/mol. The summed E-state index contributed by atoms with van der Waals surface area (Å²) < 4.78 is 0. The standard InChI is InChI=1S/C13H20N4O/c1-2-17(8-12(15)18)13-10(7-14)6-9-4-3-5-11(9)16-13/h6H,2-5,7-8,14H2,1H3,(H2,15,18). The Morgan fingerprint density at radius 1 is 1.50 bits per heavy atom. The molecule has 0 saturated heterocycles. The van der Waals surface area contributed by atoms with E-state index in [0.29, 0.717) is 13.1 Å². The largest absolute Gasteiger partial charge is 0.368 e. The number of amides is 1. The molecule has 0 bridgehead atoms. The first-order valence-corrected chi connectivity index (χ1v) is 6.40. The Hall–Kier alpha value is -1.62. The number of aromatic nitrogens is 1. The van der Waals surface area contributed by atoms with Gasteiger partial charge in [-0.05, 0) is 37.8 Å². The number of anilines is 1. The van der Waals surface area contributed by atoms with Gasteiger partial charge in [0.2, 0.25) is 5.91 Å². The molecule has 5 nitrogen and oxygen atoms in total. The van der Waals surface area contributed by atoms with Gasteiger partial charge in [-0.15, -0.1) is 0 Å². The van der Waals surface area contributed by atoms with Crippen LogP contribution in [0.25, 0.3) is 0 Å². The number of aryl methyl sites for hydroxylation is 2. The maximum Gasteiger partial charge on any atom is 0.236 e. The van der Waals surface area contributed by atoms with Gasteiger partial charge in [0.1, 0.15) is 5.82 Å². The van der Waals surface area contributed by atoms with Crippen molar-refractivity contribution in [3.8, 4) is 0 Å². The highest BCUT2D eigenvalue weighted by Gasteiger charge is 2.19. The average Bonchev–Trinajstić information content (AvgIpc) is 2.81.